The summed E-state index contributed by atoms with van der Waals surface area (Å²) in [6.07, 6.45) is -0.0613. The highest BCUT2D eigenvalue weighted by molar-refractivity contribution is 5.95. The second kappa shape index (κ2) is 6.36. The number of carbonyl (C=O) groups is 2. The number of aliphatic carboxylic acids is 1. The molecule has 0 heterocycles. The Morgan fingerprint density at radius 3 is 2.11 bits per heavy atom. The molecule has 1 unspecified atom stereocenters. The Labute approximate surface area is 113 Å². The first-order valence-corrected chi connectivity index (χ1v) is 6.40. The molecule has 4 nitrogen and oxygen atoms in total. The van der Waals surface area contributed by atoms with E-state index in [-0.39, 0.29) is 24.3 Å². The van der Waals surface area contributed by atoms with E-state index in [1.165, 1.54) is 0 Å². The zero-order chi connectivity index (χ0) is 14.6. The molecule has 4 heteroatoms. The molecule has 0 radical (unpaired) electrons. The number of amides is 1. The third-order valence-electron chi connectivity index (χ3n) is 3.00. The smallest absolute Gasteiger partial charge is 0.305 e. The van der Waals surface area contributed by atoms with E-state index in [2.05, 4.69) is 5.32 Å². The minimum atomic E-state index is -0.903. The fraction of sp³-hybridized carbons (Fsp3) is 0.467. The highest BCUT2D eigenvalue weighted by Gasteiger charge is 2.20. The molecule has 0 saturated heterocycles. The van der Waals surface area contributed by atoms with Crippen molar-refractivity contribution < 1.29 is 14.7 Å². The molecular formula is C15H21NO3. The average Bonchev–Trinajstić information content (AvgIpc) is 2.25. The van der Waals surface area contributed by atoms with E-state index in [0.29, 0.717) is 5.56 Å². The Bertz CT molecular complexity index is 460. The second-order valence-electron chi connectivity index (χ2n) is 5.30. The number of benzene rings is 1. The molecular weight excluding hydrogens is 242 g/mol. The standard InChI is InChI=1S/C15H21NO3/c1-9(2)13(8-14(17)18)16-15(19)12-6-10(3)5-11(4)7-12/h5-7,9,13H,8H2,1-4H3,(H,16,19)(H,17,18). The van der Waals surface area contributed by atoms with Crippen LogP contribution < -0.4 is 5.32 Å². The lowest BCUT2D eigenvalue weighted by Crippen LogP contribution is -2.40. The van der Waals surface area contributed by atoms with Gasteiger partial charge in [0.05, 0.1) is 6.42 Å². The molecule has 1 amide bonds. The zero-order valence-electron chi connectivity index (χ0n) is 11.9. The fourth-order valence-electron chi connectivity index (χ4n) is 2.00. The van der Waals surface area contributed by atoms with Crippen LogP contribution in [0.1, 0.15) is 41.8 Å². The van der Waals surface area contributed by atoms with E-state index in [0.717, 1.165) is 11.1 Å². The number of nitrogens with one attached hydrogen (secondary N) is 1. The van der Waals surface area contributed by atoms with E-state index >= 15 is 0 Å². The maximum Gasteiger partial charge on any atom is 0.305 e. The van der Waals surface area contributed by atoms with Crippen LogP contribution in [0.15, 0.2) is 18.2 Å². The van der Waals surface area contributed by atoms with Crippen molar-refractivity contribution in [3.8, 4) is 0 Å². The third-order valence-corrected chi connectivity index (χ3v) is 3.00. The third kappa shape index (κ3) is 4.73. The van der Waals surface area contributed by atoms with E-state index in [9.17, 15) is 9.59 Å². The number of carboxylic acid groups (broad SMARTS) is 1. The average molecular weight is 263 g/mol. The molecule has 0 saturated carbocycles. The van der Waals surface area contributed by atoms with Gasteiger partial charge in [-0.1, -0.05) is 31.0 Å². The molecule has 1 aromatic rings. The monoisotopic (exact) mass is 263 g/mol. The Hall–Kier alpha value is -1.84. The summed E-state index contributed by atoms with van der Waals surface area (Å²) in [5.41, 5.74) is 2.61. The summed E-state index contributed by atoms with van der Waals surface area (Å²) in [6, 6.07) is 5.25. The van der Waals surface area contributed by atoms with Crippen molar-refractivity contribution in [2.24, 2.45) is 5.92 Å². The molecule has 1 aromatic carbocycles. The Morgan fingerprint density at radius 1 is 1.16 bits per heavy atom. The van der Waals surface area contributed by atoms with Crippen LogP contribution in [0.4, 0.5) is 0 Å². The van der Waals surface area contributed by atoms with Gasteiger partial charge in [-0.25, -0.2) is 0 Å². The normalized spacial score (nSPS) is 12.3. The molecule has 0 aliphatic heterocycles. The summed E-state index contributed by atoms with van der Waals surface area (Å²) in [5.74, 6) is -1.04. The van der Waals surface area contributed by atoms with Crippen molar-refractivity contribution in [3.63, 3.8) is 0 Å². The van der Waals surface area contributed by atoms with Gasteiger partial charge in [-0.3, -0.25) is 9.59 Å². The predicted octanol–water partition coefficient (Wildman–Crippen LogP) is 2.53. The quantitative estimate of drug-likeness (QED) is 0.858. The minimum absolute atomic E-state index is 0.0613. The molecule has 2 N–H and O–H groups in total. The van der Waals surface area contributed by atoms with Crippen LogP contribution in [0, 0.1) is 19.8 Å². The first-order chi connectivity index (χ1) is 8.79. The number of aryl methyl sites for hydroxylation is 2. The van der Waals surface area contributed by atoms with Gasteiger partial charge in [0.15, 0.2) is 0 Å². The van der Waals surface area contributed by atoms with Crippen molar-refractivity contribution in [1.82, 2.24) is 5.32 Å². The van der Waals surface area contributed by atoms with E-state index < -0.39 is 5.97 Å². The van der Waals surface area contributed by atoms with Crippen LogP contribution in [-0.2, 0) is 4.79 Å². The van der Waals surface area contributed by atoms with Gasteiger partial charge in [-0.15, -0.1) is 0 Å². The first kappa shape index (κ1) is 15.2. The molecule has 0 aromatic heterocycles. The van der Waals surface area contributed by atoms with E-state index in [4.69, 9.17) is 5.11 Å². The summed E-state index contributed by atoms with van der Waals surface area (Å²) in [5, 5.41) is 11.7. The zero-order valence-corrected chi connectivity index (χ0v) is 11.9. The number of hydrogen-bond donors (Lipinski definition) is 2. The van der Waals surface area contributed by atoms with Crippen LogP contribution in [0.2, 0.25) is 0 Å². The molecule has 0 spiro atoms. The van der Waals surface area contributed by atoms with Gasteiger partial charge in [-0.2, -0.15) is 0 Å². The first-order valence-electron chi connectivity index (χ1n) is 6.40. The summed E-state index contributed by atoms with van der Waals surface area (Å²) < 4.78 is 0. The lowest BCUT2D eigenvalue weighted by molar-refractivity contribution is -0.137. The molecule has 19 heavy (non-hydrogen) atoms. The van der Waals surface area contributed by atoms with Crippen LogP contribution in [-0.4, -0.2) is 23.0 Å². The van der Waals surface area contributed by atoms with Gasteiger partial charge < -0.3 is 10.4 Å². The van der Waals surface area contributed by atoms with Crippen molar-refractivity contribution in [3.05, 3.63) is 34.9 Å². The fourth-order valence-corrected chi connectivity index (χ4v) is 2.00. The summed E-state index contributed by atoms with van der Waals surface area (Å²) in [7, 11) is 0. The maximum absolute atomic E-state index is 12.1. The topological polar surface area (TPSA) is 66.4 Å². The van der Waals surface area contributed by atoms with Gasteiger partial charge in [0.25, 0.3) is 5.91 Å². The van der Waals surface area contributed by atoms with Crippen LogP contribution in [0.5, 0.6) is 0 Å². The molecule has 0 aliphatic carbocycles. The van der Waals surface area contributed by atoms with E-state index in [1.807, 2.05) is 33.8 Å². The van der Waals surface area contributed by atoms with Gasteiger partial charge in [0.2, 0.25) is 0 Å². The SMILES string of the molecule is Cc1cc(C)cc(C(=O)NC(CC(=O)O)C(C)C)c1. The lowest BCUT2D eigenvalue weighted by Gasteiger charge is -2.20. The number of carboxylic acids is 1. The number of rotatable bonds is 5. The lowest BCUT2D eigenvalue weighted by atomic mass is 10.00. The Kier molecular flexibility index (Phi) is 5.10. The van der Waals surface area contributed by atoms with Crippen molar-refractivity contribution >= 4 is 11.9 Å². The minimum Gasteiger partial charge on any atom is -0.481 e. The number of carbonyl (C=O) groups excluding carboxylic acids is 1. The van der Waals surface area contributed by atoms with Crippen LogP contribution >= 0.6 is 0 Å². The Morgan fingerprint density at radius 2 is 1.68 bits per heavy atom. The van der Waals surface area contributed by atoms with Crippen LogP contribution in [0.25, 0.3) is 0 Å². The largest absolute Gasteiger partial charge is 0.481 e. The van der Waals surface area contributed by atoms with Crippen LogP contribution in [0.3, 0.4) is 0 Å². The molecule has 1 atom stereocenters. The highest BCUT2D eigenvalue weighted by atomic mass is 16.4. The van der Waals surface area contributed by atoms with Gasteiger partial charge in [0.1, 0.15) is 0 Å². The molecule has 0 bridgehead atoms. The molecule has 104 valence electrons. The Balaban J connectivity index is 2.84. The van der Waals surface area contributed by atoms with Gasteiger partial charge in [0, 0.05) is 11.6 Å². The van der Waals surface area contributed by atoms with Crippen molar-refractivity contribution in [2.75, 3.05) is 0 Å². The predicted molar refractivity (Wildman–Crippen MR) is 74.3 cm³/mol. The van der Waals surface area contributed by atoms with Crippen molar-refractivity contribution in [1.29, 1.82) is 0 Å². The summed E-state index contributed by atoms with van der Waals surface area (Å²) in [4.78, 5) is 22.9. The summed E-state index contributed by atoms with van der Waals surface area (Å²) >= 11 is 0. The van der Waals surface area contributed by atoms with E-state index in [1.54, 1.807) is 12.1 Å². The number of hydrogen-bond acceptors (Lipinski definition) is 2. The molecule has 0 aliphatic rings. The van der Waals surface area contributed by atoms with Gasteiger partial charge >= 0.3 is 5.97 Å². The summed E-state index contributed by atoms with van der Waals surface area (Å²) in [6.45, 7) is 7.66. The molecule has 1 rings (SSSR count). The second-order valence-corrected chi connectivity index (χ2v) is 5.30. The van der Waals surface area contributed by atoms with Gasteiger partial charge in [-0.05, 0) is 31.9 Å². The van der Waals surface area contributed by atoms with Crippen molar-refractivity contribution in [2.45, 2.75) is 40.2 Å². The highest BCUT2D eigenvalue weighted by Crippen LogP contribution is 2.11. The molecule has 0 fully saturated rings. The maximum atomic E-state index is 12.1.